The van der Waals surface area contributed by atoms with Crippen LogP contribution in [0.5, 0.6) is 5.75 Å². The summed E-state index contributed by atoms with van der Waals surface area (Å²) in [5, 5.41) is 2.75. The maximum Gasteiger partial charge on any atom is 0.307 e. The molecule has 0 saturated heterocycles. The highest BCUT2D eigenvalue weighted by Crippen LogP contribution is 2.26. The number of nitrogens with one attached hydrogen (secondary N) is 1. The number of methoxy groups -OCH3 is 1. The average Bonchev–Trinajstić information content (AvgIpc) is 3.10. The molecule has 1 heterocycles. The molecule has 1 N–H and O–H groups in total. The molecule has 0 bridgehead atoms. The first-order valence-electron chi connectivity index (χ1n) is 10.3. The Morgan fingerprint density at radius 2 is 1.74 bits per heavy atom. The van der Waals surface area contributed by atoms with Gasteiger partial charge in [-0.05, 0) is 61.5 Å². The van der Waals surface area contributed by atoms with E-state index in [9.17, 15) is 18.0 Å². The van der Waals surface area contributed by atoms with Gasteiger partial charge in [0, 0.05) is 12.7 Å². The van der Waals surface area contributed by atoms with Crippen LogP contribution in [0, 0.1) is 6.92 Å². The predicted octanol–water partition coefficient (Wildman–Crippen LogP) is 3.75. The van der Waals surface area contributed by atoms with E-state index in [1.165, 1.54) is 23.8 Å². The number of carbonyl (C=O) groups excluding carboxylic acids is 1. The summed E-state index contributed by atoms with van der Waals surface area (Å²) < 4.78 is 35.4. The second-order valence-corrected chi connectivity index (χ2v) is 10.5. The first-order valence-corrected chi connectivity index (χ1v) is 12.6. The summed E-state index contributed by atoms with van der Waals surface area (Å²) in [7, 11) is -0.861. The highest BCUT2D eigenvalue weighted by Gasteiger charge is 2.27. The van der Waals surface area contributed by atoms with Gasteiger partial charge in [-0.25, -0.2) is 8.42 Å². The van der Waals surface area contributed by atoms with Crippen LogP contribution in [0.15, 0.2) is 76.4 Å². The van der Waals surface area contributed by atoms with Crippen molar-refractivity contribution in [3.8, 4) is 5.75 Å². The molecule has 10 heteroatoms. The number of ether oxygens (including phenoxy) is 1. The third-order valence-electron chi connectivity index (χ3n) is 5.33. The van der Waals surface area contributed by atoms with Crippen molar-refractivity contribution in [1.29, 1.82) is 0 Å². The van der Waals surface area contributed by atoms with E-state index >= 15 is 0 Å². The zero-order valence-corrected chi connectivity index (χ0v) is 20.4. The van der Waals surface area contributed by atoms with Gasteiger partial charge in [0.25, 0.3) is 10.0 Å². The van der Waals surface area contributed by atoms with Crippen molar-refractivity contribution in [2.75, 3.05) is 23.3 Å². The number of fused-ring (bicyclic) bond motifs is 1. The zero-order valence-electron chi connectivity index (χ0n) is 18.8. The fraction of sp³-hybridized carbons (Fsp3) is 0.167. The van der Waals surface area contributed by atoms with Gasteiger partial charge in [-0.2, -0.15) is 0 Å². The van der Waals surface area contributed by atoms with Crippen molar-refractivity contribution < 1.29 is 17.9 Å². The highest BCUT2D eigenvalue weighted by atomic mass is 32.2. The molecule has 0 fully saturated rings. The maximum absolute atomic E-state index is 13.5. The Morgan fingerprint density at radius 1 is 1.06 bits per heavy atom. The van der Waals surface area contributed by atoms with Gasteiger partial charge in [-0.15, -0.1) is 0 Å². The van der Waals surface area contributed by atoms with Gasteiger partial charge in [0.15, 0.2) is 0 Å². The number of hydrogen-bond donors (Lipinski definition) is 1. The SMILES string of the molecule is COc1ccc(S(=O)(=O)N(CC(=O)Nc2ccc3c(c2)sc(=O)n3C)c2ccc(C)cc2)cc1. The first kappa shape index (κ1) is 23.5. The molecule has 1 amide bonds. The lowest BCUT2D eigenvalue weighted by Crippen LogP contribution is -2.38. The van der Waals surface area contributed by atoms with E-state index in [1.807, 2.05) is 6.92 Å². The average molecular weight is 498 g/mol. The molecule has 0 spiro atoms. The number of hydrogen-bond acceptors (Lipinski definition) is 6. The Morgan fingerprint density at radius 3 is 2.38 bits per heavy atom. The van der Waals surface area contributed by atoms with Gasteiger partial charge in [0.1, 0.15) is 12.3 Å². The minimum atomic E-state index is -4.04. The molecule has 176 valence electrons. The van der Waals surface area contributed by atoms with Crippen LogP contribution < -0.4 is 19.2 Å². The van der Waals surface area contributed by atoms with Gasteiger partial charge in [0.05, 0.1) is 27.9 Å². The lowest BCUT2D eigenvalue weighted by atomic mass is 10.2. The Hall–Kier alpha value is -3.63. The number of carbonyl (C=O) groups is 1. The molecule has 0 atom stereocenters. The smallest absolute Gasteiger partial charge is 0.307 e. The number of nitrogens with zero attached hydrogens (tertiary/aromatic N) is 2. The monoisotopic (exact) mass is 497 g/mol. The molecule has 8 nitrogen and oxygen atoms in total. The van der Waals surface area contributed by atoms with Gasteiger partial charge in [-0.3, -0.25) is 13.9 Å². The fourth-order valence-corrected chi connectivity index (χ4v) is 5.78. The van der Waals surface area contributed by atoms with Gasteiger partial charge >= 0.3 is 4.87 Å². The lowest BCUT2D eigenvalue weighted by Gasteiger charge is -2.24. The molecule has 4 rings (SSSR count). The van der Waals surface area contributed by atoms with E-state index in [0.717, 1.165) is 31.4 Å². The van der Waals surface area contributed by atoms with Crippen LogP contribution >= 0.6 is 11.3 Å². The molecule has 0 aliphatic rings. The van der Waals surface area contributed by atoms with E-state index in [2.05, 4.69) is 5.32 Å². The van der Waals surface area contributed by atoms with E-state index < -0.39 is 22.5 Å². The topological polar surface area (TPSA) is 97.7 Å². The Balaban J connectivity index is 1.64. The summed E-state index contributed by atoms with van der Waals surface area (Å²) in [6, 6.07) is 18.0. The quantitative estimate of drug-likeness (QED) is 0.419. The second kappa shape index (κ2) is 9.32. The fourth-order valence-electron chi connectivity index (χ4n) is 3.44. The number of sulfonamides is 1. The number of aromatic nitrogens is 1. The third-order valence-corrected chi connectivity index (χ3v) is 8.12. The molecule has 34 heavy (non-hydrogen) atoms. The third kappa shape index (κ3) is 4.68. The summed E-state index contributed by atoms with van der Waals surface area (Å²) in [5.41, 5.74) is 2.57. The van der Waals surface area contributed by atoms with Crippen molar-refractivity contribution in [3.63, 3.8) is 0 Å². The van der Waals surface area contributed by atoms with E-state index in [-0.39, 0.29) is 9.77 Å². The maximum atomic E-state index is 13.5. The van der Waals surface area contributed by atoms with Gasteiger partial charge in [0.2, 0.25) is 5.91 Å². The summed E-state index contributed by atoms with van der Waals surface area (Å²) in [5.74, 6) is 0.0116. The van der Waals surface area contributed by atoms with Crippen LogP contribution in [0.4, 0.5) is 11.4 Å². The Bertz CT molecular complexity index is 1510. The normalized spacial score (nSPS) is 11.4. The second-order valence-electron chi connectivity index (χ2n) is 7.68. The minimum absolute atomic E-state index is 0.0390. The predicted molar refractivity (Wildman–Crippen MR) is 134 cm³/mol. The van der Waals surface area contributed by atoms with Crippen molar-refractivity contribution in [2.24, 2.45) is 7.05 Å². The molecule has 0 aliphatic carbocycles. The highest BCUT2D eigenvalue weighted by molar-refractivity contribution is 7.92. The zero-order chi connectivity index (χ0) is 24.5. The summed E-state index contributed by atoms with van der Waals surface area (Å²) in [6.45, 7) is 1.47. The molecule has 0 radical (unpaired) electrons. The Labute approximate surface area is 201 Å². The number of thiazole rings is 1. The lowest BCUT2D eigenvalue weighted by molar-refractivity contribution is -0.114. The molecule has 0 unspecified atom stereocenters. The van der Waals surface area contributed by atoms with Crippen LogP contribution in [0.2, 0.25) is 0 Å². The first-order chi connectivity index (χ1) is 16.2. The largest absolute Gasteiger partial charge is 0.497 e. The van der Waals surface area contributed by atoms with Crippen LogP contribution in [0.3, 0.4) is 0 Å². The van der Waals surface area contributed by atoms with Gasteiger partial charge < -0.3 is 14.6 Å². The number of rotatable bonds is 7. The Kier molecular flexibility index (Phi) is 6.45. The molecule has 0 aliphatic heterocycles. The summed E-state index contributed by atoms with van der Waals surface area (Å²) in [6.07, 6.45) is 0. The summed E-state index contributed by atoms with van der Waals surface area (Å²) in [4.78, 5) is 24.8. The molecular formula is C24H23N3O5S2. The molecule has 1 aromatic heterocycles. The molecule has 3 aromatic carbocycles. The van der Waals surface area contributed by atoms with E-state index in [0.29, 0.717) is 17.1 Å². The molecular weight excluding hydrogens is 474 g/mol. The number of anilines is 2. The van der Waals surface area contributed by atoms with Crippen molar-refractivity contribution >= 4 is 48.9 Å². The standard InChI is InChI=1S/C24H23N3O5S2/c1-16-4-7-18(8-5-16)27(34(30,31)20-11-9-19(32-3)10-12-20)15-23(28)25-17-6-13-21-22(14-17)33-24(29)26(21)2/h4-14H,15H2,1-3H3,(H,25,28). The van der Waals surface area contributed by atoms with Crippen LogP contribution in [-0.4, -0.2) is 32.5 Å². The number of aryl methyl sites for hydroxylation is 2. The van der Waals surface area contributed by atoms with Gasteiger partial charge in [-0.1, -0.05) is 29.0 Å². The van der Waals surface area contributed by atoms with Crippen LogP contribution in [0.1, 0.15) is 5.56 Å². The van der Waals surface area contributed by atoms with Crippen molar-refractivity contribution in [3.05, 3.63) is 82.0 Å². The van der Waals surface area contributed by atoms with E-state index in [4.69, 9.17) is 4.74 Å². The molecule has 0 saturated carbocycles. The summed E-state index contributed by atoms with van der Waals surface area (Å²) >= 11 is 1.08. The number of amides is 1. The van der Waals surface area contributed by atoms with Crippen LogP contribution in [0.25, 0.3) is 10.2 Å². The van der Waals surface area contributed by atoms with E-state index in [1.54, 1.807) is 61.6 Å². The van der Waals surface area contributed by atoms with Crippen molar-refractivity contribution in [2.45, 2.75) is 11.8 Å². The van der Waals surface area contributed by atoms with Crippen LogP contribution in [-0.2, 0) is 21.9 Å². The van der Waals surface area contributed by atoms with Crippen molar-refractivity contribution in [1.82, 2.24) is 4.57 Å². The minimum Gasteiger partial charge on any atom is -0.497 e. The molecule has 4 aromatic rings. The number of benzene rings is 3.